The number of aromatic nitrogens is 1. The van der Waals surface area contributed by atoms with Crippen molar-refractivity contribution >= 4 is 22.4 Å². The van der Waals surface area contributed by atoms with Gasteiger partial charge in [0.05, 0.1) is 5.39 Å². The fraction of sp³-hybridized carbons (Fsp3) is 0. The Balaban J connectivity index is 1.91. The molecule has 0 aliphatic heterocycles. The Labute approximate surface area is 135 Å². The van der Waals surface area contributed by atoms with E-state index in [4.69, 9.17) is 4.42 Å². The molecule has 23 heavy (non-hydrogen) atoms. The summed E-state index contributed by atoms with van der Waals surface area (Å²) in [6.07, 6.45) is 1.59. The second-order valence-corrected chi connectivity index (χ2v) is 5.99. The topological polar surface area (TPSA) is 63.3 Å². The molecule has 1 N–H and O–H groups in total. The van der Waals surface area contributed by atoms with E-state index in [1.807, 2.05) is 23.6 Å². The molecular formula is C18H11NO3S. The number of hydrogen-bond donors (Lipinski definition) is 1. The SMILES string of the molecule is O=c1cc(-c2ccc(O)c(-c3cccs3)c2)oc2ncccc12. The van der Waals surface area contributed by atoms with Crippen LogP contribution in [0.4, 0.5) is 0 Å². The lowest BCUT2D eigenvalue weighted by Gasteiger charge is -2.06. The maximum atomic E-state index is 12.2. The highest BCUT2D eigenvalue weighted by Crippen LogP contribution is 2.36. The average molecular weight is 321 g/mol. The molecule has 3 heterocycles. The maximum Gasteiger partial charge on any atom is 0.230 e. The lowest BCUT2D eigenvalue weighted by molar-refractivity contribution is 0.477. The van der Waals surface area contributed by atoms with Crippen molar-refractivity contribution in [2.75, 3.05) is 0 Å². The van der Waals surface area contributed by atoms with E-state index in [1.54, 1.807) is 30.5 Å². The summed E-state index contributed by atoms with van der Waals surface area (Å²) in [4.78, 5) is 17.3. The van der Waals surface area contributed by atoms with Crippen LogP contribution in [-0.4, -0.2) is 10.1 Å². The van der Waals surface area contributed by atoms with Crippen LogP contribution in [-0.2, 0) is 0 Å². The molecule has 3 aromatic heterocycles. The average Bonchev–Trinajstić information content (AvgIpc) is 3.09. The molecule has 0 bridgehead atoms. The van der Waals surface area contributed by atoms with Crippen LogP contribution in [0.15, 0.2) is 69.3 Å². The molecule has 4 rings (SSSR count). The largest absolute Gasteiger partial charge is 0.507 e. The Morgan fingerprint density at radius 2 is 2.00 bits per heavy atom. The van der Waals surface area contributed by atoms with Crippen LogP contribution in [0.5, 0.6) is 5.75 Å². The number of phenols is 1. The molecule has 4 nitrogen and oxygen atoms in total. The van der Waals surface area contributed by atoms with Crippen molar-refractivity contribution in [2.24, 2.45) is 0 Å². The van der Waals surface area contributed by atoms with Gasteiger partial charge in [0.1, 0.15) is 11.5 Å². The van der Waals surface area contributed by atoms with Crippen LogP contribution in [0.3, 0.4) is 0 Å². The van der Waals surface area contributed by atoms with Gasteiger partial charge < -0.3 is 9.52 Å². The van der Waals surface area contributed by atoms with Crippen molar-refractivity contribution in [3.05, 3.63) is 70.3 Å². The van der Waals surface area contributed by atoms with Crippen molar-refractivity contribution in [2.45, 2.75) is 0 Å². The Morgan fingerprint density at radius 3 is 2.83 bits per heavy atom. The van der Waals surface area contributed by atoms with Gasteiger partial charge in [-0.2, -0.15) is 0 Å². The molecule has 0 saturated heterocycles. The molecule has 112 valence electrons. The molecule has 0 fully saturated rings. The molecule has 4 aromatic rings. The summed E-state index contributed by atoms with van der Waals surface area (Å²) >= 11 is 1.54. The zero-order chi connectivity index (χ0) is 15.8. The number of fused-ring (bicyclic) bond motifs is 1. The van der Waals surface area contributed by atoms with Crippen molar-refractivity contribution in [1.82, 2.24) is 4.98 Å². The number of nitrogens with zero attached hydrogens (tertiary/aromatic N) is 1. The first-order chi connectivity index (χ1) is 11.2. The van der Waals surface area contributed by atoms with Crippen molar-refractivity contribution < 1.29 is 9.52 Å². The number of thiophene rings is 1. The molecule has 0 radical (unpaired) electrons. The third-order valence-corrected chi connectivity index (χ3v) is 4.48. The Kier molecular flexibility index (Phi) is 3.20. The minimum Gasteiger partial charge on any atom is -0.507 e. The Bertz CT molecular complexity index is 1050. The Hall–Kier alpha value is -2.92. The monoisotopic (exact) mass is 321 g/mol. The van der Waals surface area contributed by atoms with Gasteiger partial charge in [-0.1, -0.05) is 6.07 Å². The van der Waals surface area contributed by atoms with E-state index in [2.05, 4.69) is 4.98 Å². The number of pyridine rings is 1. The van der Waals surface area contributed by atoms with E-state index in [9.17, 15) is 9.90 Å². The quantitative estimate of drug-likeness (QED) is 0.598. The molecule has 0 unspecified atom stereocenters. The van der Waals surface area contributed by atoms with Crippen LogP contribution in [0.25, 0.3) is 32.9 Å². The van der Waals surface area contributed by atoms with Crippen molar-refractivity contribution in [3.63, 3.8) is 0 Å². The summed E-state index contributed by atoms with van der Waals surface area (Å²) in [6, 6.07) is 13.8. The zero-order valence-corrected chi connectivity index (χ0v) is 12.7. The minimum atomic E-state index is -0.139. The number of phenolic OH excluding ortho intramolecular Hbond substituents is 1. The summed E-state index contributed by atoms with van der Waals surface area (Å²) in [5.74, 6) is 0.622. The van der Waals surface area contributed by atoms with E-state index in [1.165, 1.54) is 17.4 Å². The van der Waals surface area contributed by atoms with Crippen LogP contribution in [0.1, 0.15) is 0 Å². The summed E-state index contributed by atoms with van der Waals surface area (Å²) < 4.78 is 5.75. The zero-order valence-electron chi connectivity index (χ0n) is 11.9. The first-order valence-electron chi connectivity index (χ1n) is 6.98. The third-order valence-electron chi connectivity index (χ3n) is 3.57. The number of benzene rings is 1. The molecule has 0 aliphatic rings. The molecule has 1 aromatic carbocycles. The summed E-state index contributed by atoms with van der Waals surface area (Å²) in [5, 5.41) is 12.5. The number of hydrogen-bond acceptors (Lipinski definition) is 5. The first-order valence-corrected chi connectivity index (χ1v) is 7.86. The van der Waals surface area contributed by atoms with Gasteiger partial charge in [-0.05, 0) is 41.8 Å². The highest BCUT2D eigenvalue weighted by Gasteiger charge is 2.11. The standard InChI is InChI=1S/C18H11NO3S/c20-14-6-5-11(9-13(14)17-4-2-8-23-17)16-10-15(21)12-3-1-7-19-18(12)22-16/h1-10,20H. The number of rotatable bonds is 2. The second-order valence-electron chi connectivity index (χ2n) is 5.04. The van der Waals surface area contributed by atoms with Gasteiger partial charge in [-0.3, -0.25) is 4.79 Å². The fourth-order valence-corrected chi connectivity index (χ4v) is 3.20. The van der Waals surface area contributed by atoms with Gasteiger partial charge in [-0.25, -0.2) is 4.98 Å². The van der Waals surface area contributed by atoms with E-state index in [-0.39, 0.29) is 11.2 Å². The van der Waals surface area contributed by atoms with Gasteiger partial charge in [-0.15, -0.1) is 11.3 Å². The minimum absolute atomic E-state index is 0.139. The molecule has 0 amide bonds. The predicted octanol–water partition coefficient (Wildman–Crippen LogP) is 4.29. The highest BCUT2D eigenvalue weighted by molar-refractivity contribution is 7.13. The smallest absolute Gasteiger partial charge is 0.230 e. The maximum absolute atomic E-state index is 12.2. The molecule has 5 heteroatoms. The predicted molar refractivity (Wildman–Crippen MR) is 90.7 cm³/mol. The van der Waals surface area contributed by atoms with Crippen LogP contribution in [0, 0.1) is 0 Å². The highest BCUT2D eigenvalue weighted by atomic mass is 32.1. The summed E-state index contributed by atoms with van der Waals surface area (Å²) in [7, 11) is 0. The summed E-state index contributed by atoms with van der Waals surface area (Å²) in [5.41, 5.74) is 1.60. The second kappa shape index (κ2) is 5.37. The lowest BCUT2D eigenvalue weighted by atomic mass is 10.1. The van der Waals surface area contributed by atoms with E-state index in [0.717, 1.165) is 10.4 Å². The normalized spacial score (nSPS) is 11.0. The van der Waals surface area contributed by atoms with Crippen LogP contribution >= 0.6 is 11.3 Å². The Morgan fingerprint density at radius 1 is 1.09 bits per heavy atom. The molecular weight excluding hydrogens is 310 g/mol. The van der Waals surface area contributed by atoms with Crippen molar-refractivity contribution in [1.29, 1.82) is 0 Å². The molecule has 0 saturated carbocycles. The van der Waals surface area contributed by atoms with E-state index >= 15 is 0 Å². The molecule has 0 spiro atoms. The van der Waals surface area contributed by atoms with Gasteiger partial charge >= 0.3 is 0 Å². The lowest BCUT2D eigenvalue weighted by Crippen LogP contribution is -2.01. The van der Waals surface area contributed by atoms with Gasteiger partial charge in [0.2, 0.25) is 5.71 Å². The first kappa shape index (κ1) is 13.7. The van der Waals surface area contributed by atoms with E-state index in [0.29, 0.717) is 22.4 Å². The summed E-state index contributed by atoms with van der Waals surface area (Å²) in [6.45, 7) is 0. The fourth-order valence-electron chi connectivity index (χ4n) is 2.45. The van der Waals surface area contributed by atoms with Gasteiger partial charge in [0.25, 0.3) is 0 Å². The number of aromatic hydroxyl groups is 1. The van der Waals surface area contributed by atoms with Crippen LogP contribution < -0.4 is 5.43 Å². The molecule has 0 atom stereocenters. The van der Waals surface area contributed by atoms with Gasteiger partial charge in [0.15, 0.2) is 5.43 Å². The molecule has 0 aliphatic carbocycles. The van der Waals surface area contributed by atoms with Gasteiger partial charge in [0, 0.05) is 28.3 Å². The van der Waals surface area contributed by atoms with Crippen molar-refractivity contribution in [3.8, 4) is 27.5 Å². The van der Waals surface area contributed by atoms with E-state index < -0.39 is 0 Å². The third kappa shape index (κ3) is 2.41. The van der Waals surface area contributed by atoms with Crippen LogP contribution in [0.2, 0.25) is 0 Å².